The molecule has 84 valence electrons. The van der Waals surface area contributed by atoms with Gasteiger partial charge in [-0.25, -0.2) is 0 Å². The Morgan fingerprint density at radius 2 is 2.47 bits per heavy atom. The summed E-state index contributed by atoms with van der Waals surface area (Å²) in [5, 5.41) is 17.4. The van der Waals surface area contributed by atoms with Crippen LogP contribution in [-0.4, -0.2) is 38.2 Å². The smallest absolute Gasteiger partial charge is 0.188 e. The molecule has 1 fully saturated rings. The lowest BCUT2D eigenvalue weighted by molar-refractivity contribution is 0.243. The molecule has 1 aromatic heterocycles. The summed E-state index contributed by atoms with van der Waals surface area (Å²) in [5.41, 5.74) is 0.370. The van der Waals surface area contributed by atoms with Crippen LogP contribution >= 0.6 is 11.8 Å². The highest BCUT2D eigenvalue weighted by Crippen LogP contribution is 2.34. The fraction of sp³-hybridized carbons (Fsp3) is 0.889. The van der Waals surface area contributed by atoms with E-state index in [-0.39, 0.29) is 0 Å². The van der Waals surface area contributed by atoms with Crippen LogP contribution in [0.25, 0.3) is 0 Å². The maximum atomic E-state index is 3.93. The highest BCUT2D eigenvalue weighted by Gasteiger charge is 2.32. The number of nitrogens with zero attached hydrogens (tertiary/aromatic N) is 3. The number of hydrogen-bond acceptors (Lipinski definition) is 5. The van der Waals surface area contributed by atoms with Gasteiger partial charge >= 0.3 is 0 Å². The average molecular weight is 227 g/mol. The van der Waals surface area contributed by atoms with Crippen LogP contribution in [0.15, 0.2) is 0 Å². The van der Waals surface area contributed by atoms with Gasteiger partial charge in [-0.2, -0.15) is 17.0 Å². The predicted molar refractivity (Wildman–Crippen MR) is 60.5 cm³/mol. The summed E-state index contributed by atoms with van der Waals surface area (Å²) in [6.07, 6.45) is 1.27. The van der Waals surface area contributed by atoms with E-state index in [1.807, 2.05) is 11.8 Å². The minimum atomic E-state index is 0.370. The molecule has 0 amide bonds. The standard InChI is InChI=1S/C9H17N5S/c1-9(2)3-4-15-6-7(9)10-5-8-11-13-14-12-8/h7,10H,3-6H2,1-2H3,(H,11,12,13,14). The lowest BCUT2D eigenvalue weighted by atomic mass is 9.82. The van der Waals surface area contributed by atoms with Gasteiger partial charge < -0.3 is 5.32 Å². The fourth-order valence-electron chi connectivity index (χ4n) is 1.74. The van der Waals surface area contributed by atoms with Crippen LogP contribution in [0.5, 0.6) is 0 Å². The van der Waals surface area contributed by atoms with E-state index in [1.54, 1.807) is 0 Å². The summed E-state index contributed by atoms with van der Waals surface area (Å²) in [7, 11) is 0. The molecule has 1 aliphatic heterocycles. The summed E-state index contributed by atoms with van der Waals surface area (Å²) in [6, 6.07) is 0.537. The molecular formula is C9H17N5S. The van der Waals surface area contributed by atoms with Crippen LogP contribution in [0.1, 0.15) is 26.1 Å². The topological polar surface area (TPSA) is 66.5 Å². The number of rotatable bonds is 3. The average Bonchev–Trinajstić information content (AvgIpc) is 2.68. The second kappa shape index (κ2) is 4.49. The zero-order valence-corrected chi connectivity index (χ0v) is 9.97. The molecule has 15 heavy (non-hydrogen) atoms. The van der Waals surface area contributed by atoms with Crippen molar-refractivity contribution in [3.05, 3.63) is 5.82 Å². The van der Waals surface area contributed by atoms with Crippen molar-refractivity contribution in [1.82, 2.24) is 25.9 Å². The van der Waals surface area contributed by atoms with Crippen LogP contribution in [0.3, 0.4) is 0 Å². The molecule has 2 heterocycles. The quantitative estimate of drug-likeness (QED) is 0.800. The highest BCUT2D eigenvalue weighted by atomic mass is 32.2. The Kier molecular flexibility index (Phi) is 3.25. The van der Waals surface area contributed by atoms with E-state index < -0.39 is 0 Å². The SMILES string of the molecule is CC1(C)CCSCC1NCc1nn[nH]n1. The lowest BCUT2D eigenvalue weighted by Crippen LogP contribution is -2.46. The molecule has 0 aliphatic carbocycles. The number of aromatic nitrogens is 4. The number of thioether (sulfide) groups is 1. The zero-order chi connectivity index (χ0) is 10.7. The molecule has 1 saturated heterocycles. The minimum Gasteiger partial charge on any atom is -0.306 e. The summed E-state index contributed by atoms with van der Waals surface area (Å²) >= 11 is 2.02. The maximum Gasteiger partial charge on any atom is 0.188 e. The molecule has 1 unspecified atom stereocenters. The second-order valence-corrected chi connectivity index (χ2v) is 5.72. The maximum absolute atomic E-state index is 3.93. The molecule has 1 atom stereocenters. The third-order valence-corrected chi connectivity index (χ3v) is 4.08. The van der Waals surface area contributed by atoms with Crippen LogP contribution in [0, 0.1) is 5.41 Å². The van der Waals surface area contributed by atoms with Gasteiger partial charge in [-0.15, -0.1) is 10.2 Å². The van der Waals surface area contributed by atoms with Crippen molar-refractivity contribution in [2.75, 3.05) is 11.5 Å². The van der Waals surface area contributed by atoms with Gasteiger partial charge in [0.1, 0.15) is 0 Å². The van der Waals surface area contributed by atoms with Gasteiger partial charge in [0.2, 0.25) is 0 Å². The highest BCUT2D eigenvalue weighted by molar-refractivity contribution is 7.99. The van der Waals surface area contributed by atoms with Gasteiger partial charge in [0.05, 0.1) is 6.54 Å². The molecule has 1 aliphatic rings. The molecule has 5 nitrogen and oxygen atoms in total. The number of H-pyrrole nitrogens is 1. The molecule has 0 aromatic carbocycles. The summed E-state index contributed by atoms with van der Waals surface area (Å²) in [5.74, 6) is 3.18. The van der Waals surface area contributed by atoms with Gasteiger partial charge in [-0.3, -0.25) is 0 Å². The van der Waals surface area contributed by atoms with Crippen molar-refractivity contribution in [3.8, 4) is 0 Å². The van der Waals surface area contributed by atoms with Crippen molar-refractivity contribution < 1.29 is 0 Å². The number of aromatic amines is 1. The van der Waals surface area contributed by atoms with Crippen LogP contribution in [0.2, 0.25) is 0 Å². The Labute approximate surface area is 93.8 Å². The van der Waals surface area contributed by atoms with Crippen molar-refractivity contribution in [2.45, 2.75) is 32.9 Å². The lowest BCUT2D eigenvalue weighted by Gasteiger charge is -2.38. The normalized spacial score (nSPS) is 25.3. The van der Waals surface area contributed by atoms with Gasteiger partial charge in [0, 0.05) is 11.8 Å². The summed E-state index contributed by atoms with van der Waals surface area (Å²) in [4.78, 5) is 0. The molecule has 2 N–H and O–H groups in total. The third kappa shape index (κ3) is 2.69. The second-order valence-electron chi connectivity index (χ2n) is 4.58. The minimum absolute atomic E-state index is 0.370. The van der Waals surface area contributed by atoms with Crippen LogP contribution < -0.4 is 5.32 Å². The first kappa shape index (κ1) is 10.9. The molecular weight excluding hydrogens is 210 g/mol. The van der Waals surface area contributed by atoms with E-state index in [4.69, 9.17) is 0 Å². The summed E-state index contributed by atoms with van der Waals surface area (Å²) < 4.78 is 0. The fourth-order valence-corrected chi connectivity index (χ4v) is 3.39. The van der Waals surface area contributed by atoms with Crippen molar-refractivity contribution in [2.24, 2.45) is 5.41 Å². The van der Waals surface area contributed by atoms with E-state index in [0.29, 0.717) is 18.0 Å². The molecule has 2 rings (SSSR count). The van der Waals surface area contributed by atoms with Gasteiger partial charge in [-0.05, 0) is 17.6 Å². The number of tetrazole rings is 1. The van der Waals surface area contributed by atoms with Crippen molar-refractivity contribution in [1.29, 1.82) is 0 Å². The molecule has 0 spiro atoms. The first-order chi connectivity index (χ1) is 7.18. The van der Waals surface area contributed by atoms with Gasteiger partial charge in [0.25, 0.3) is 0 Å². The number of hydrogen-bond donors (Lipinski definition) is 2. The van der Waals surface area contributed by atoms with E-state index in [0.717, 1.165) is 5.82 Å². The first-order valence-electron chi connectivity index (χ1n) is 5.22. The largest absolute Gasteiger partial charge is 0.306 e. The molecule has 1 aromatic rings. The monoisotopic (exact) mass is 227 g/mol. The zero-order valence-electron chi connectivity index (χ0n) is 9.16. The van der Waals surface area contributed by atoms with Gasteiger partial charge in [-0.1, -0.05) is 19.1 Å². The Balaban J connectivity index is 1.88. The van der Waals surface area contributed by atoms with E-state index in [1.165, 1.54) is 17.9 Å². The Bertz CT molecular complexity index is 297. The third-order valence-electron chi connectivity index (χ3n) is 3.01. The molecule has 6 heteroatoms. The number of nitrogens with one attached hydrogen (secondary N) is 2. The first-order valence-corrected chi connectivity index (χ1v) is 6.37. The molecule has 0 radical (unpaired) electrons. The Morgan fingerprint density at radius 3 is 3.13 bits per heavy atom. The van der Waals surface area contributed by atoms with E-state index in [2.05, 4.69) is 39.8 Å². The van der Waals surface area contributed by atoms with Gasteiger partial charge in [0.15, 0.2) is 5.82 Å². The van der Waals surface area contributed by atoms with Crippen molar-refractivity contribution in [3.63, 3.8) is 0 Å². The van der Waals surface area contributed by atoms with Crippen molar-refractivity contribution >= 4 is 11.8 Å². The Hall–Kier alpha value is -0.620. The molecule has 0 saturated carbocycles. The molecule has 0 bridgehead atoms. The van der Waals surface area contributed by atoms with Crippen LogP contribution in [-0.2, 0) is 6.54 Å². The summed E-state index contributed by atoms with van der Waals surface area (Å²) in [6.45, 7) is 5.34. The van der Waals surface area contributed by atoms with E-state index in [9.17, 15) is 0 Å². The van der Waals surface area contributed by atoms with Crippen LogP contribution in [0.4, 0.5) is 0 Å². The van der Waals surface area contributed by atoms with E-state index >= 15 is 0 Å². The predicted octanol–water partition coefficient (Wildman–Crippen LogP) is 0.821. The Morgan fingerprint density at radius 1 is 1.60 bits per heavy atom.